The second-order valence-corrected chi connectivity index (χ2v) is 5.84. The third kappa shape index (κ3) is 4.48. The first-order valence-electron chi connectivity index (χ1n) is 7.40. The maximum absolute atomic E-state index is 4.28. The van der Waals surface area contributed by atoms with E-state index in [1.807, 2.05) is 24.6 Å². The highest BCUT2D eigenvalue weighted by Gasteiger charge is 2.27. The molecule has 0 N–H and O–H groups in total. The first-order chi connectivity index (χ1) is 9.55. The van der Waals surface area contributed by atoms with Crippen LogP contribution in [0.1, 0.15) is 40.5 Å². The molecule has 0 saturated heterocycles. The summed E-state index contributed by atoms with van der Waals surface area (Å²) in [6.07, 6.45) is 18.4. The van der Waals surface area contributed by atoms with E-state index >= 15 is 0 Å². The number of rotatable bonds is 3. The summed E-state index contributed by atoms with van der Waals surface area (Å²) < 4.78 is 0. The van der Waals surface area contributed by atoms with Gasteiger partial charge in [0.15, 0.2) is 0 Å². The molecule has 0 saturated carbocycles. The number of hydrogen-bond acceptors (Lipinski definition) is 1. The van der Waals surface area contributed by atoms with Crippen molar-refractivity contribution in [1.29, 1.82) is 0 Å². The Bertz CT molecular complexity index is 470. The van der Waals surface area contributed by atoms with Crippen LogP contribution in [0.25, 0.3) is 0 Å². The molecule has 1 aliphatic heterocycles. The van der Waals surface area contributed by atoms with Gasteiger partial charge < -0.3 is 0 Å². The summed E-state index contributed by atoms with van der Waals surface area (Å²) in [5.74, 6) is 0.552. The molecule has 0 aromatic rings. The lowest BCUT2D eigenvalue weighted by molar-refractivity contribution is 0.252. The summed E-state index contributed by atoms with van der Waals surface area (Å²) in [5, 5.41) is 0. The van der Waals surface area contributed by atoms with Crippen LogP contribution >= 0.6 is 0 Å². The van der Waals surface area contributed by atoms with Crippen molar-refractivity contribution in [1.82, 2.24) is 0 Å². The molecule has 1 heteroatoms. The zero-order valence-electron chi connectivity index (χ0n) is 13.3. The smallest absolute Gasteiger partial charge is 0.0270 e. The van der Waals surface area contributed by atoms with Crippen LogP contribution in [-0.2, 0) is 0 Å². The molecule has 0 bridgehead atoms. The van der Waals surface area contributed by atoms with E-state index in [0.717, 1.165) is 12.8 Å². The standard InChI is InChI=1S/C19H27N/c1-6-16(7-2)17-12-14-20-13-10-9-11-18(8-3)19(4,5)15-17/h6-7,9-14,18H,1,8,15H2,2-5H3/b11-9-,13-10-,16-7-,17-12+,20-14+. The molecule has 1 aliphatic rings. The maximum Gasteiger partial charge on any atom is 0.0270 e. The van der Waals surface area contributed by atoms with Gasteiger partial charge in [0, 0.05) is 12.4 Å². The van der Waals surface area contributed by atoms with Gasteiger partial charge in [-0.2, -0.15) is 0 Å². The number of hydrogen-bond donors (Lipinski definition) is 0. The highest BCUT2D eigenvalue weighted by Crippen LogP contribution is 2.38. The lowest BCUT2D eigenvalue weighted by Gasteiger charge is -2.33. The maximum atomic E-state index is 4.28. The third-order valence-corrected chi connectivity index (χ3v) is 3.98. The first-order valence-corrected chi connectivity index (χ1v) is 7.40. The molecular weight excluding hydrogens is 242 g/mol. The molecule has 108 valence electrons. The summed E-state index contributed by atoms with van der Waals surface area (Å²) in [6.45, 7) is 12.9. The van der Waals surface area contributed by atoms with Crippen LogP contribution in [0.5, 0.6) is 0 Å². The lowest BCUT2D eigenvalue weighted by atomic mass is 9.72. The van der Waals surface area contributed by atoms with Gasteiger partial charge in [0.2, 0.25) is 0 Å². The van der Waals surface area contributed by atoms with Crippen molar-refractivity contribution < 1.29 is 0 Å². The summed E-state index contributed by atoms with van der Waals surface area (Å²) in [7, 11) is 0. The average Bonchev–Trinajstić information content (AvgIpc) is 2.44. The van der Waals surface area contributed by atoms with E-state index in [4.69, 9.17) is 0 Å². The minimum absolute atomic E-state index is 0.209. The SMILES string of the molecule is C=CC(=C/C)/C1=C/C=N/C=C\C=C/C(CC)C(C)(C)C1. The summed E-state index contributed by atoms with van der Waals surface area (Å²) in [5.41, 5.74) is 2.71. The van der Waals surface area contributed by atoms with Crippen LogP contribution < -0.4 is 0 Å². The van der Waals surface area contributed by atoms with Crippen LogP contribution in [-0.4, -0.2) is 6.21 Å². The highest BCUT2D eigenvalue weighted by molar-refractivity contribution is 5.74. The van der Waals surface area contributed by atoms with E-state index in [1.54, 1.807) is 0 Å². The fraction of sp³-hybridized carbons (Fsp3) is 0.421. The molecule has 1 unspecified atom stereocenters. The number of allylic oxidation sites excluding steroid dienone is 8. The Hall–Kier alpha value is -1.63. The zero-order valence-corrected chi connectivity index (χ0v) is 13.3. The fourth-order valence-corrected chi connectivity index (χ4v) is 2.74. The predicted octanol–water partition coefficient (Wildman–Crippen LogP) is 5.64. The van der Waals surface area contributed by atoms with Crippen molar-refractivity contribution >= 4 is 6.21 Å². The Balaban J connectivity index is 3.21. The number of aliphatic imine (C=N–C) groups is 1. The van der Waals surface area contributed by atoms with Crippen LogP contribution in [0, 0.1) is 11.3 Å². The van der Waals surface area contributed by atoms with Crippen LogP contribution in [0.15, 0.2) is 65.4 Å². The first kappa shape index (κ1) is 16.4. The molecule has 1 atom stereocenters. The average molecular weight is 269 g/mol. The molecule has 20 heavy (non-hydrogen) atoms. The molecule has 0 amide bonds. The summed E-state index contributed by atoms with van der Waals surface area (Å²) in [6, 6.07) is 0. The fourth-order valence-electron chi connectivity index (χ4n) is 2.74. The minimum Gasteiger partial charge on any atom is -0.265 e. The van der Waals surface area contributed by atoms with E-state index in [2.05, 4.69) is 63.6 Å². The molecule has 1 heterocycles. The predicted molar refractivity (Wildman–Crippen MR) is 91.0 cm³/mol. The third-order valence-electron chi connectivity index (χ3n) is 3.98. The molecule has 1 rings (SSSR count). The molecule has 0 aromatic carbocycles. The van der Waals surface area contributed by atoms with Gasteiger partial charge >= 0.3 is 0 Å². The van der Waals surface area contributed by atoms with E-state index in [0.29, 0.717) is 5.92 Å². The van der Waals surface area contributed by atoms with Crippen molar-refractivity contribution in [2.45, 2.75) is 40.5 Å². The van der Waals surface area contributed by atoms with Gasteiger partial charge in [-0.25, -0.2) is 0 Å². The summed E-state index contributed by atoms with van der Waals surface area (Å²) >= 11 is 0. The van der Waals surface area contributed by atoms with Crippen LogP contribution in [0.4, 0.5) is 0 Å². The molecule has 0 fully saturated rings. The van der Waals surface area contributed by atoms with E-state index in [-0.39, 0.29) is 5.41 Å². The van der Waals surface area contributed by atoms with E-state index < -0.39 is 0 Å². The molecule has 0 spiro atoms. The van der Waals surface area contributed by atoms with Gasteiger partial charge in [0.05, 0.1) is 0 Å². The molecule has 0 aromatic heterocycles. The van der Waals surface area contributed by atoms with Gasteiger partial charge in [-0.15, -0.1) is 0 Å². The zero-order chi connectivity index (χ0) is 15.0. The van der Waals surface area contributed by atoms with Crippen LogP contribution in [0.2, 0.25) is 0 Å². The van der Waals surface area contributed by atoms with Crippen molar-refractivity contribution in [3.05, 3.63) is 60.4 Å². The Morgan fingerprint density at radius 2 is 2.20 bits per heavy atom. The quantitative estimate of drug-likeness (QED) is 0.588. The normalized spacial score (nSPS) is 30.5. The van der Waals surface area contributed by atoms with Crippen molar-refractivity contribution in [3.63, 3.8) is 0 Å². The van der Waals surface area contributed by atoms with Crippen molar-refractivity contribution in [3.8, 4) is 0 Å². The highest BCUT2D eigenvalue weighted by atomic mass is 14.7. The molecule has 0 aliphatic carbocycles. The van der Waals surface area contributed by atoms with E-state index in [9.17, 15) is 0 Å². The Labute approximate surface area is 124 Å². The Morgan fingerprint density at radius 1 is 1.45 bits per heavy atom. The minimum atomic E-state index is 0.209. The van der Waals surface area contributed by atoms with E-state index in [1.165, 1.54) is 11.1 Å². The van der Waals surface area contributed by atoms with Gasteiger partial charge in [-0.3, -0.25) is 4.99 Å². The molecule has 0 radical (unpaired) electrons. The van der Waals surface area contributed by atoms with Crippen molar-refractivity contribution in [2.24, 2.45) is 16.3 Å². The van der Waals surface area contributed by atoms with Crippen LogP contribution in [0.3, 0.4) is 0 Å². The number of nitrogens with zero attached hydrogens (tertiary/aromatic N) is 1. The monoisotopic (exact) mass is 269 g/mol. The van der Waals surface area contributed by atoms with Crippen molar-refractivity contribution in [2.75, 3.05) is 0 Å². The van der Waals surface area contributed by atoms with Gasteiger partial charge in [0.25, 0.3) is 0 Å². The Morgan fingerprint density at radius 3 is 2.80 bits per heavy atom. The van der Waals surface area contributed by atoms with Gasteiger partial charge in [-0.05, 0) is 54.4 Å². The lowest BCUT2D eigenvalue weighted by Crippen LogP contribution is -2.23. The Kier molecular flexibility index (Phi) is 6.44. The molecular formula is C19H27N. The molecule has 1 nitrogen and oxygen atoms in total. The second-order valence-electron chi connectivity index (χ2n) is 5.84. The van der Waals surface area contributed by atoms with Gasteiger partial charge in [0.1, 0.15) is 0 Å². The summed E-state index contributed by atoms with van der Waals surface area (Å²) in [4.78, 5) is 4.28. The topological polar surface area (TPSA) is 12.4 Å². The van der Waals surface area contributed by atoms with Gasteiger partial charge in [-0.1, -0.05) is 51.7 Å². The largest absolute Gasteiger partial charge is 0.265 e. The second kappa shape index (κ2) is 7.84.